The highest BCUT2D eigenvalue weighted by Gasteiger charge is 2.27. The van der Waals surface area contributed by atoms with Gasteiger partial charge in [0.15, 0.2) is 0 Å². The minimum Gasteiger partial charge on any atom is -0.393 e. The fourth-order valence-electron chi connectivity index (χ4n) is 2.07. The van der Waals surface area contributed by atoms with Crippen molar-refractivity contribution in [1.29, 1.82) is 0 Å². The summed E-state index contributed by atoms with van der Waals surface area (Å²) in [6.07, 6.45) is 4.19. The normalized spacial score (nSPS) is 23.5. The fourth-order valence-corrected chi connectivity index (χ4v) is 2.07. The number of likely N-dealkylation sites (tertiary alicyclic amines) is 1. The molecule has 0 aromatic heterocycles. The van der Waals surface area contributed by atoms with E-state index in [1.54, 1.807) is 0 Å². The third kappa shape index (κ3) is 3.82. The van der Waals surface area contributed by atoms with E-state index in [-0.39, 0.29) is 6.10 Å². The van der Waals surface area contributed by atoms with Gasteiger partial charge in [-0.05, 0) is 25.2 Å². The summed E-state index contributed by atoms with van der Waals surface area (Å²) < 4.78 is 0. The largest absolute Gasteiger partial charge is 0.393 e. The Labute approximate surface area is 92.5 Å². The first-order valence-electron chi connectivity index (χ1n) is 6.13. The molecule has 1 fully saturated rings. The van der Waals surface area contributed by atoms with Crippen molar-refractivity contribution >= 4 is 5.91 Å². The van der Waals surface area contributed by atoms with Crippen LogP contribution in [0.1, 0.15) is 46.0 Å². The Morgan fingerprint density at radius 2 is 2.27 bits per heavy atom. The third-order valence-corrected chi connectivity index (χ3v) is 3.31. The Morgan fingerprint density at radius 1 is 1.53 bits per heavy atom. The summed E-state index contributed by atoms with van der Waals surface area (Å²) in [5, 5.41) is 9.39. The number of rotatable bonds is 6. The van der Waals surface area contributed by atoms with Crippen molar-refractivity contribution in [1.82, 2.24) is 4.90 Å². The molecule has 1 amide bonds. The third-order valence-electron chi connectivity index (χ3n) is 3.31. The van der Waals surface area contributed by atoms with Crippen LogP contribution in [0.3, 0.4) is 0 Å². The van der Waals surface area contributed by atoms with Crippen LogP contribution in [0.2, 0.25) is 0 Å². The van der Waals surface area contributed by atoms with Crippen molar-refractivity contribution in [2.24, 2.45) is 5.92 Å². The van der Waals surface area contributed by atoms with Gasteiger partial charge < -0.3 is 10.0 Å². The average Bonchev–Trinajstić information content (AvgIpc) is 2.59. The summed E-state index contributed by atoms with van der Waals surface area (Å²) >= 11 is 0. The first kappa shape index (κ1) is 12.5. The molecule has 1 aliphatic rings. The number of hydrogen-bond acceptors (Lipinski definition) is 2. The second kappa shape index (κ2) is 6.11. The van der Waals surface area contributed by atoms with Gasteiger partial charge in [-0.15, -0.1) is 0 Å². The van der Waals surface area contributed by atoms with Crippen molar-refractivity contribution in [3.8, 4) is 0 Å². The molecule has 1 aliphatic heterocycles. The van der Waals surface area contributed by atoms with Gasteiger partial charge in [-0.3, -0.25) is 4.79 Å². The maximum absolute atomic E-state index is 11.6. The smallest absolute Gasteiger partial charge is 0.222 e. The number of nitrogens with zero attached hydrogens (tertiary/aromatic N) is 1. The first-order chi connectivity index (χ1) is 7.17. The Hall–Kier alpha value is -0.570. The van der Waals surface area contributed by atoms with Crippen LogP contribution in [-0.2, 0) is 4.79 Å². The van der Waals surface area contributed by atoms with Crippen LogP contribution in [0.4, 0.5) is 0 Å². The van der Waals surface area contributed by atoms with Gasteiger partial charge in [0.25, 0.3) is 0 Å². The average molecular weight is 213 g/mol. The Balaban J connectivity index is 2.19. The Bertz CT molecular complexity index is 206. The Morgan fingerprint density at radius 3 is 2.80 bits per heavy atom. The predicted molar refractivity (Wildman–Crippen MR) is 60.5 cm³/mol. The zero-order valence-electron chi connectivity index (χ0n) is 9.91. The van der Waals surface area contributed by atoms with Crippen LogP contribution in [0.5, 0.6) is 0 Å². The van der Waals surface area contributed by atoms with Crippen molar-refractivity contribution in [2.45, 2.75) is 52.1 Å². The monoisotopic (exact) mass is 213 g/mol. The van der Waals surface area contributed by atoms with Crippen molar-refractivity contribution in [3.63, 3.8) is 0 Å². The van der Waals surface area contributed by atoms with E-state index in [1.807, 2.05) is 11.8 Å². The number of aliphatic hydroxyl groups excluding tert-OH is 1. The molecule has 88 valence electrons. The molecule has 1 heterocycles. The van der Waals surface area contributed by atoms with Gasteiger partial charge in [0.1, 0.15) is 0 Å². The van der Waals surface area contributed by atoms with Crippen LogP contribution >= 0.6 is 0 Å². The molecule has 0 bridgehead atoms. The summed E-state index contributed by atoms with van der Waals surface area (Å²) in [4.78, 5) is 13.5. The van der Waals surface area contributed by atoms with Gasteiger partial charge in [-0.1, -0.05) is 20.3 Å². The van der Waals surface area contributed by atoms with E-state index in [1.165, 1.54) is 0 Å². The van der Waals surface area contributed by atoms with E-state index in [0.717, 1.165) is 45.2 Å². The topological polar surface area (TPSA) is 40.5 Å². The van der Waals surface area contributed by atoms with E-state index >= 15 is 0 Å². The van der Waals surface area contributed by atoms with Crippen molar-refractivity contribution < 1.29 is 9.90 Å². The molecule has 1 rings (SSSR count). The second-order valence-electron chi connectivity index (χ2n) is 4.52. The molecule has 15 heavy (non-hydrogen) atoms. The Kier molecular flexibility index (Phi) is 5.09. The maximum Gasteiger partial charge on any atom is 0.222 e. The van der Waals surface area contributed by atoms with Crippen LogP contribution in [0.15, 0.2) is 0 Å². The molecule has 0 spiro atoms. The predicted octanol–water partition coefficient (Wildman–Crippen LogP) is 1.80. The zero-order chi connectivity index (χ0) is 11.3. The molecule has 0 saturated carbocycles. The number of carbonyl (C=O) groups excluding carboxylic acids is 1. The summed E-state index contributed by atoms with van der Waals surface area (Å²) in [6, 6.07) is 0. The molecule has 2 atom stereocenters. The molecular formula is C12H23NO2. The molecule has 0 aliphatic carbocycles. The SMILES string of the molecule is CCC(O)CCCN1CC(CC)CC1=O. The van der Waals surface area contributed by atoms with Gasteiger partial charge >= 0.3 is 0 Å². The molecule has 0 aromatic carbocycles. The summed E-state index contributed by atoms with van der Waals surface area (Å²) in [6.45, 7) is 5.88. The van der Waals surface area contributed by atoms with Crippen LogP contribution in [0, 0.1) is 5.92 Å². The molecule has 0 aromatic rings. The molecule has 0 radical (unpaired) electrons. The van der Waals surface area contributed by atoms with Gasteiger partial charge in [0, 0.05) is 19.5 Å². The van der Waals surface area contributed by atoms with Gasteiger partial charge in [0.05, 0.1) is 6.10 Å². The second-order valence-corrected chi connectivity index (χ2v) is 4.52. The van der Waals surface area contributed by atoms with Crippen molar-refractivity contribution in [3.05, 3.63) is 0 Å². The van der Waals surface area contributed by atoms with Gasteiger partial charge in [-0.25, -0.2) is 0 Å². The lowest BCUT2D eigenvalue weighted by molar-refractivity contribution is -0.127. The lowest BCUT2D eigenvalue weighted by Crippen LogP contribution is -2.27. The van der Waals surface area contributed by atoms with E-state index < -0.39 is 0 Å². The molecule has 1 N–H and O–H groups in total. The van der Waals surface area contributed by atoms with E-state index in [0.29, 0.717) is 11.8 Å². The molecule has 3 nitrogen and oxygen atoms in total. The molecule has 3 heteroatoms. The highest BCUT2D eigenvalue weighted by atomic mass is 16.3. The quantitative estimate of drug-likeness (QED) is 0.731. The maximum atomic E-state index is 11.6. The number of carbonyl (C=O) groups is 1. The number of aliphatic hydroxyl groups is 1. The van der Waals surface area contributed by atoms with E-state index in [9.17, 15) is 9.90 Å². The first-order valence-corrected chi connectivity index (χ1v) is 6.13. The number of amides is 1. The van der Waals surface area contributed by atoms with Gasteiger partial charge in [0.2, 0.25) is 5.91 Å². The highest BCUT2D eigenvalue weighted by Crippen LogP contribution is 2.20. The lowest BCUT2D eigenvalue weighted by atomic mass is 10.1. The number of hydrogen-bond donors (Lipinski definition) is 1. The van der Waals surface area contributed by atoms with Crippen molar-refractivity contribution in [2.75, 3.05) is 13.1 Å². The molecular weight excluding hydrogens is 190 g/mol. The summed E-state index contributed by atoms with van der Waals surface area (Å²) in [7, 11) is 0. The van der Waals surface area contributed by atoms with E-state index in [4.69, 9.17) is 0 Å². The molecule has 1 saturated heterocycles. The highest BCUT2D eigenvalue weighted by molar-refractivity contribution is 5.78. The lowest BCUT2D eigenvalue weighted by Gasteiger charge is -2.17. The minimum absolute atomic E-state index is 0.190. The van der Waals surface area contributed by atoms with Gasteiger partial charge in [-0.2, -0.15) is 0 Å². The van der Waals surface area contributed by atoms with Crippen LogP contribution in [0.25, 0.3) is 0 Å². The van der Waals surface area contributed by atoms with Crippen LogP contribution in [-0.4, -0.2) is 35.1 Å². The minimum atomic E-state index is -0.190. The summed E-state index contributed by atoms with van der Waals surface area (Å²) in [5.41, 5.74) is 0. The fraction of sp³-hybridized carbons (Fsp3) is 0.917. The zero-order valence-corrected chi connectivity index (χ0v) is 9.91. The van der Waals surface area contributed by atoms with Crippen LogP contribution < -0.4 is 0 Å². The summed E-state index contributed by atoms with van der Waals surface area (Å²) in [5.74, 6) is 0.862. The van der Waals surface area contributed by atoms with E-state index in [2.05, 4.69) is 6.92 Å². The molecule has 2 unspecified atom stereocenters. The standard InChI is InChI=1S/C12H23NO2/c1-3-10-8-12(15)13(9-10)7-5-6-11(14)4-2/h10-11,14H,3-9H2,1-2H3.